The van der Waals surface area contributed by atoms with Crippen LogP contribution in [0.3, 0.4) is 0 Å². The third kappa shape index (κ3) is 5.55. The molecule has 0 radical (unpaired) electrons. The second-order valence-electron chi connectivity index (χ2n) is 9.44. The van der Waals surface area contributed by atoms with Gasteiger partial charge in [-0.1, -0.05) is 60.7 Å². The summed E-state index contributed by atoms with van der Waals surface area (Å²) in [6.45, 7) is 2.48. The Bertz CT molecular complexity index is 1860. The second-order valence-corrected chi connectivity index (χ2v) is 10.4. The Hall–Kier alpha value is -5.13. The number of nitrogens with zero attached hydrogens (tertiary/aromatic N) is 5. The van der Waals surface area contributed by atoms with Gasteiger partial charge in [-0.25, -0.2) is 4.98 Å². The van der Waals surface area contributed by atoms with Crippen LogP contribution in [0.15, 0.2) is 108 Å². The zero-order chi connectivity index (χ0) is 28.9. The number of fused-ring (bicyclic) bond motifs is 1. The Labute approximate surface area is 248 Å². The molecule has 6 rings (SSSR count). The fourth-order valence-corrected chi connectivity index (χ4v) is 5.64. The van der Waals surface area contributed by atoms with Crippen LogP contribution in [0.25, 0.3) is 39.1 Å². The molecule has 8 heteroatoms. The maximum atomic E-state index is 10.3. The topological polar surface area (TPSA) is 85.9 Å². The first kappa shape index (κ1) is 27.1. The monoisotopic (exact) mass is 569 g/mol. The van der Waals surface area contributed by atoms with E-state index in [1.54, 1.807) is 11.9 Å². The van der Waals surface area contributed by atoms with Crippen molar-refractivity contribution in [2.24, 2.45) is 0 Å². The minimum atomic E-state index is 0.526. The van der Waals surface area contributed by atoms with Crippen LogP contribution >= 0.6 is 11.8 Å². The van der Waals surface area contributed by atoms with Crippen molar-refractivity contribution in [2.75, 3.05) is 13.7 Å². The lowest BCUT2D eigenvalue weighted by Gasteiger charge is -2.14. The number of thioether (sulfide) groups is 1. The van der Waals surface area contributed by atoms with E-state index in [-0.39, 0.29) is 0 Å². The molecule has 2 heterocycles. The van der Waals surface area contributed by atoms with Crippen LogP contribution in [0, 0.1) is 11.3 Å². The highest BCUT2D eigenvalue weighted by molar-refractivity contribution is 7.98. The molecule has 0 saturated heterocycles. The summed E-state index contributed by atoms with van der Waals surface area (Å²) in [6.07, 6.45) is 0. The molecular weight excluding hydrogens is 542 g/mol. The first-order valence-corrected chi connectivity index (χ1v) is 14.5. The van der Waals surface area contributed by atoms with Crippen molar-refractivity contribution in [3.8, 4) is 45.6 Å². The number of nitriles is 1. The summed E-state index contributed by atoms with van der Waals surface area (Å²) in [4.78, 5) is 6.59. The van der Waals surface area contributed by atoms with Gasteiger partial charge in [0.1, 0.15) is 39.3 Å². The molecule has 0 aliphatic heterocycles. The van der Waals surface area contributed by atoms with Crippen molar-refractivity contribution in [3.63, 3.8) is 0 Å². The zero-order valence-corrected chi connectivity index (χ0v) is 24.0. The fraction of sp³-hybridized carbons (Fsp3) is 0.118. The summed E-state index contributed by atoms with van der Waals surface area (Å²) in [5.41, 5.74) is 7.50. The number of hydrogen-bond acceptors (Lipinski definition) is 7. The standard InChI is InChI=1S/C34H27N5O2S/c1-3-41-33-18-13-23(19-32(33)39-37-29-11-7-8-12-30(29)38-39)22-42-34-28(21-35)27(24-14-16-26(40-2)17-15-24)20-31(36-34)25-9-5-4-6-10-25/h4-20H,3,22H2,1-2H3. The van der Waals surface area contributed by atoms with E-state index in [9.17, 15) is 5.26 Å². The molecule has 2 aromatic heterocycles. The molecule has 7 nitrogen and oxygen atoms in total. The van der Waals surface area contributed by atoms with Crippen molar-refractivity contribution in [3.05, 3.63) is 114 Å². The molecule has 206 valence electrons. The van der Waals surface area contributed by atoms with E-state index >= 15 is 0 Å². The fourth-order valence-electron chi connectivity index (χ4n) is 4.69. The van der Waals surface area contributed by atoms with Crippen molar-refractivity contribution >= 4 is 22.8 Å². The third-order valence-electron chi connectivity index (χ3n) is 6.77. The van der Waals surface area contributed by atoms with Gasteiger partial charge in [0, 0.05) is 16.9 Å². The van der Waals surface area contributed by atoms with E-state index in [4.69, 9.17) is 14.5 Å². The molecule has 0 saturated carbocycles. The summed E-state index contributed by atoms with van der Waals surface area (Å²) >= 11 is 1.53. The highest BCUT2D eigenvalue weighted by Gasteiger charge is 2.17. The third-order valence-corrected chi connectivity index (χ3v) is 7.82. The molecule has 0 aliphatic carbocycles. The van der Waals surface area contributed by atoms with Crippen molar-refractivity contribution in [1.29, 1.82) is 5.26 Å². The van der Waals surface area contributed by atoms with Crippen LogP contribution in [0.5, 0.6) is 11.5 Å². The van der Waals surface area contributed by atoms with E-state index in [0.717, 1.165) is 50.4 Å². The number of benzene rings is 4. The summed E-state index contributed by atoms with van der Waals surface area (Å²) in [5.74, 6) is 2.05. The minimum Gasteiger partial charge on any atom is -0.497 e. The molecule has 0 atom stereocenters. The molecule has 0 unspecified atom stereocenters. The average molecular weight is 570 g/mol. The van der Waals surface area contributed by atoms with Gasteiger partial charge in [0.2, 0.25) is 0 Å². The highest BCUT2D eigenvalue weighted by Crippen LogP contribution is 2.36. The van der Waals surface area contributed by atoms with Gasteiger partial charge in [-0.3, -0.25) is 0 Å². The van der Waals surface area contributed by atoms with Crippen LogP contribution in [-0.4, -0.2) is 33.7 Å². The van der Waals surface area contributed by atoms with Crippen LogP contribution in [0.4, 0.5) is 0 Å². The molecule has 42 heavy (non-hydrogen) atoms. The molecule has 0 N–H and O–H groups in total. The molecule has 0 amide bonds. The second kappa shape index (κ2) is 12.2. The Morgan fingerprint density at radius 3 is 2.21 bits per heavy atom. The van der Waals surface area contributed by atoms with E-state index in [2.05, 4.69) is 16.3 Å². The van der Waals surface area contributed by atoms with Crippen LogP contribution in [0.2, 0.25) is 0 Å². The van der Waals surface area contributed by atoms with Crippen molar-refractivity contribution in [2.45, 2.75) is 17.7 Å². The minimum absolute atomic E-state index is 0.526. The van der Waals surface area contributed by atoms with Crippen LogP contribution < -0.4 is 9.47 Å². The quantitative estimate of drug-likeness (QED) is 0.165. The van der Waals surface area contributed by atoms with Crippen LogP contribution in [0.1, 0.15) is 18.1 Å². The Morgan fingerprint density at radius 1 is 0.833 bits per heavy atom. The van der Waals surface area contributed by atoms with E-state index in [1.807, 2.05) is 110 Å². The predicted molar refractivity (Wildman–Crippen MR) is 166 cm³/mol. The summed E-state index contributed by atoms with van der Waals surface area (Å²) < 4.78 is 11.3. The van der Waals surface area contributed by atoms with E-state index in [0.29, 0.717) is 28.7 Å². The lowest BCUT2D eigenvalue weighted by molar-refractivity contribution is 0.337. The molecule has 6 aromatic rings. The summed E-state index contributed by atoms with van der Waals surface area (Å²) in [5, 5.41) is 20.3. The molecule has 4 aromatic carbocycles. The number of ether oxygens (including phenoxy) is 2. The highest BCUT2D eigenvalue weighted by atomic mass is 32.2. The van der Waals surface area contributed by atoms with Gasteiger partial charge >= 0.3 is 0 Å². The predicted octanol–water partition coefficient (Wildman–Crippen LogP) is 7.72. The maximum Gasteiger partial charge on any atom is 0.146 e. The number of rotatable bonds is 9. The number of methoxy groups -OCH3 is 1. The molecule has 0 spiro atoms. The van der Waals surface area contributed by atoms with Crippen molar-refractivity contribution in [1.82, 2.24) is 20.0 Å². The zero-order valence-electron chi connectivity index (χ0n) is 23.2. The van der Waals surface area contributed by atoms with Gasteiger partial charge in [-0.2, -0.15) is 5.26 Å². The first-order valence-electron chi connectivity index (χ1n) is 13.5. The Kier molecular flexibility index (Phi) is 7.84. The van der Waals surface area contributed by atoms with Crippen molar-refractivity contribution < 1.29 is 9.47 Å². The van der Waals surface area contributed by atoms with Gasteiger partial charge < -0.3 is 9.47 Å². The Balaban J connectivity index is 1.39. The first-order chi connectivity index (χ1) is 20.7. The van der Waals surface area contributed by atoms with Gasteiger partial charge in [-0.05, 0) is 60.5 Å². The smallest absolute Gasteiger partial charge is 0.146 e. The lowest BCUT2D eigenvalue weighted by Crippen LogP contribution is -2.04. The molecule has 0 fully saturated rings. The van der Waals surface area contributed by atoms with Crippen LogP contribution in [-0.2, 0) is 5.75 Å². The normalized spacial score (nSPS) is 10.9. The van der Waals surface area contributed by atoms with Gasteiger partial charge in [0.15, 0.2) is 0 Å². The SMILES string of the molecule is CCOc1ccc(CSc2nc(-c3ccccc3)cc(-c3ccc(OC)cc3)c2C#N)cc1-n1nc2ccccc2n1. The van der Waals surface area contributed by atoms with Gasteiger partial charge in [0.05, 0.1) is 25.0 Å². The summed E-state index contributed by atoms with van der Waals surface area (Å²) in [7, 11) is 1.64. The average Bonchev–Trinajstić information content (AvgIpc) is 3.49. The summed E-state index contributed by atoms with van der Waals surface area (Å²) in [6, 6.07) is 36.0. The molecule has 0 aliphatic rings. The number of hydrogen-bond donors (Lipinski definition) is 0. The van der Waals surface area contributed by atoms with E-state index < -0.39 is 0 Å². The molecular formula is C34H27N5O2S. The van der Waals surface area contributed by atoms with Gasteiger partial charge in [0.25, 0.3) is 0 Å². The lowest BCUT2D eigenvalue weighted by atomic mass is 9.99. The Morgan fingerprint density at radius 2 is 1.55 bits per heavy atom. The molecule has 0 bridgehead atoms. The van der Waals surface area contributed by atoms with E-state index in [1.165, 1.54) is 11.8 Å². The number of pyridine rings is 1. The largest absolute Gasteiger partial charge is 0.497 e. The van der Waals surface area contributed by atoms with Gasteiger partial charge in [-0.15, -0.1) is 26.8 Å². The number of aromatic nitrogens is 4. The maximum absolute atomic E-state index is 10.3.